The van der Waals surface area contributed by atoms with E-state index in [1.54, 1.807) is 25.7 Å². The molecule has 0 radical (unpaired) electrons. The molecule has 0 nitrogen and oxygen atoms in total. The first-order valence-electron chi connectivity index (χ1n) is 4.72. The van der Waals surface area contributed by atoms with E-state index < -0.39 is 0 Å². The van der Waals surface area contributed by atoms with Crippen LogP contribution in [0.4, 0.5) is 0 Å². The second kappa shape index (κ2) is 1.99. The van der Waals surface area contributed by atoms with Gasteiger partial charge in [0.25, 0.3) is 0 Å². The van der Waals surface area contributed by atoms with Crippen LogP contribution in [0, 0.1) is 17.3 Å². The fourth-order valence-corrected chi connectivity index (χ4v) is 2.61. The van der Waals surface area contributed by atoms with Crippen molar-refractivity contribution in [2.45, 2.75) is 46.0 Å². The van der Waals surface area contributed by atoms with Gasteiger partial charge in [0.15, 0.2) is 0 Å². The molecule has 0 aliphatic heterocycles. The topological polar surface area (TPSA) is 0 Å². The van der Waals surface area contributed by atoms with Crippen LogP contribution in [-0.4, -0.2) is 0 Å². The first-order valence-corrected chi connectivity index (χ1v) is 4.72. The predicted molar refractivity (Wildman–Crippen MR) is 43.8 cm³/mol. The van der Waals surface area contributed by atoms with Crippen molar-refractivity contribution in [3.63, 3.8) is 0 Å². The van der Waals surface area contributed by atoms with Crippen LogP contribution in [0.2, 0.25) is 0 Å². The molecule has 0 amide bonds. The SMILES string of the molecule is CC(C)C1CC2(CCC2)C1. The molecule has 0 aromatic rings. The van der Waals surface area contributed by atoms with Crippen LogP contribution < -0.4 is 0 Å². The van der Waals surface area contributed by atoms with Crippen LogP contribution in [0.25, 0.3) is 0 Å². The quantitative estimate of drug-likeness (QED) is 0.522. The van der Waals surface area contributed by atoms with E-state index in [0.717, 1.165) is 17.3 Å². The molecule has 2 aliphatic carbocycles. The summed E-state index contributed by atoms with van der Waals surface area (Å²) < 4.78 is 0. The Morgan fingerprint density at radius 1 is 1.20 bits per heavy atom. The van der Waals surface area contributed by atoms with Crippen LogP contribution in [0.1, 0.15) is 46.0 Å². The maximum absolute atomic E-state index is 2.37. The molecule has 58 valence electrons. The van der Waals surface area contributed by atoms with Crippen molar-refractivity contribution in [3.05, 3.63) is 0 Å². The molecule has 0 bridgehead atoms. The minimum Gasteiger partial charge on any atom is -0.0625 e. The lowest BCUT2D eigenvalue weighted by molar-refractivity contribution is -0.0435. The van der Waals surface area contributed by atoms with Gasteiger partial charge in [-0.15, -0.1) is 0 Å². The minimum absolute atomic E-state index is 0.898. The van der Waals surface area contributed by atoms with Crippen molar-refractivity contribution in [1.82, 2.24) is 0 Å². The molecule has 10 heavy (non-hydrogen) atoms. The molecule has 0 atom stereocenters. The molecule has 2 fully saturated rings. The van der Waals surface area contributed by atoms with Gasteiger partial charge in [-0.2, -0.15) is 0 Å². The average molecular weight is 138 g/mol. The van der Waals surface area contributed by atoms with Crippen LogP contribution in [0.15, 0.2) is 0 Å². The number of hydrogen-bond donors (Lipinski definition) is 0. The monoisotopic (exact) mass is 138 g/mol. The molecule has 0 saturated heterocycles. The second-order valence-electron chi connectivity index (χ2n) is 4.77. The van der Waals surface area contributed by atoms with Crippen molar-refractivity contribution in [2.75, 3.05) is 0 Å². The smallest absolute Gasteiger partial charge is 0.0292 e. The van der Waals surface area contributed by atoms with E-state index in [-0.39, 0.29) is 0 Å². The van der Waals surface area contributed by atoms with Crippen molar-refractivity contribution >= 4 is 0 Å². The Morgan fingerprint density at radius 3 is 2.10 bits per heavy atom. The van der Waals surface area contributed by atoms with Gasteiger partial charge in [-0.1, -0.05) is 20.3 Å². The van der Waals surface area contributed by atoms with E-state index in [0.29, 0.717) is 0 Å². The normalized spacial score (nSPS) is 30.3. The van der Waals surface area contributed by atoms with Gasteiger partial charge in [-0.05, 0) is 42.9 Å². The van der Waals surface area contributed by atoms with Gasteiger partial charge < -0.3 is 0 Å². The Morgan fingerprint density at radius 2 is 1.80 bits per heavy atom. The van der Waals surface area contributed by atoms with E-state index in [4.69, 9.17) is 0 Å². The highest BCUT2D eigenvalue weighted by Crippen LogP contribution is 2.60. The van der Waals surface area contributed by atoms with Gasteiger partial charge in [0.2, 0.25) is 0 Å². The lowest BCUT2D eigenvalue weighted by atomic mass is 9.50. The van der Waals surface area contributed by atoms with Crippen molar-refractivity contribution < 1.29 is 0 Å². The second-order valence-corrected chi connectivity index (χ2v) is 4.77. The molecule has 0 heterocycles. The fourth-order valence-electron chi connectivity index (χ4n) is 2.61. The van der Waals surface area contributed by atoms with Gasteiger partial charge in [0.1, 0.15) is 0 Å². The summed E-state index contributed by atoms with van der Waals surface area (Å²) in [6, 6.07) is 0. The van der Waals surface area contributed by atoms with Gasteiger partial charge >= 0.3 is 0 Å². The highest BCUT2D eigenvalue weighted by atomic mass is 14.5. The van der Waals surface area contributed by atoms with E-state index in [9.17, 15) is 0 Å². The molecule has 0 unspecified atom stereocenters. The third-order valence-corrected chi connectivity index (χ3v) is 3.75. The lowest BCUT2D eigenvalue weighted by Gasteiger charge is -2.55. The number of rotatable bonds is 1. The maximum atomic E-state index is 2.37. The molecular weight excluding hydrogens is 120 g/mol. The average Bonchev–Trinajstić information content (AvgIpc) is 1.54. The first kappa shape index (κ1) is 6.69. The Bertz CT molecular complexity index is 123. The van der Waals surface area contributed by atoms with E-state index in [1.807, 2.05) is 0 Å². The summed E-state index contributed by atoms with van der Waals surface area (Å²) in [7, 11) is 0. The molecule has 0 aromatic carbocycles. The molecule has 0 N–H and O–H groups in total. The van der Waals surface area contributed by atoms with E-state index in [1.165, 1.54) is 6.42 Å². The highest BCUT2D eigenvalue weighted by Gasteiger charge is 2.48. The molecule has 0 heteroatoms. The Labute approximate surface area is 64.0 Å². The van der Waals surface area contributed by atoms with Crippen LogP contribution >= 0.6 is 0 Å². The Kier molecular flexibility index (Phi) is 1.33. The zero-order valence-electron chi connectivity index (χ0n) is 7.19. The van der Waals surface area contributed by atoms with Gasteiger partial charge in [0.05, 0.1) is 0 Å². The third-order valence-electron chi connectivity index (χ3n) is 3.75. The molecule has 1 spiro atoms. The summed E-state index contributed by atoms with van der Waals surface area (Å²) in [5.74, 6) is 2.03. The first-order chi connectivity index (χ1) is 4.72. The third kappa shape index (κ3) is 0.810. The summed E-state index contributed by atoms with van der Waals surface area (Å²) in [6.07, 6.45) is 7.74. The number of hydrogen-bond acceptors (Lipinski definition) is 0. The van der Waals surface area contributed by atoms with Crippen molar-refractivity contribution in [2.24, 2.45) is 17.3 Å². The van der Waals surface area contributed by atoms with Crippen LogP contribution in [0.5, 0.6) is 0 Å². The lowest BCUT2D eigenvalue weighted by Crippen LogP contribution is -2.44. The standard InChI is InChI=1S/C10H18/c1-8(2)9-6-10(7-9)4-3-5-10/h8-9H,3-7H2,1-2H3. The summed E-state index contributed by atoms with van der Waals surface area (Å²) in [5.41, 5.74) is 0.898. The molecule has 2 saturated carbocycles. The summed E-state index contributed by atoms with van der Waals surface area (Å²) in [6.45, 7) is 4.74. The molecule has 0 aromatic heterocycles. The Hall–Kier alpha value is 0. The van der Waals surface area contributed by atoms with E-state index >= 15 is 0 Å². The van der Waals surface area contributed by atoms with Gasteiger partial charge in [0, 0.05) is 0 Å². The summed E-state index contributed by atoms with van der Waals surface area (Å²) in [4.78, 5) is 0. The van der Waals surface area contributed by atoms with Crippen molar-refractivity contribution in [3.8, 4) is 0 Å². The van der Waals surface area contributed by atoms with Gasteiger partial charge in [-0.3, -0.25) is 0 Å². The summed E-state index contributed by atoms with van der Waals surface area (Å²) >= 11 is 0. The van der Waals surface area contributed by atoms with Crippen LogP contribution in [-0.2, 0) is 0 Å². The zero-order valence-corrected chi connectivity index (χ0v) is 7.19. The largest absolute Gasteiger partial charge is 0.0625 e. The predicted octanol–water partition coefficient (Wildman–Crippen LogP) is 3.22. The Balaban J connectivity index is 1.82. The minimum atomic E-state index is 0.898. The molecular formula is C10H18. The maximum Gasteiger partial charge on any atom is -0.0292 e. The van der Waals surface area contributed by atoms with Crippen LogP contribution in [0.3, 0.4) is 0 Å². The highest BCUT2D eigenvalue weighted by molar-refractivity contribution is 4.99. The molecule has 2 aliphatic rings. The van der Waals surface area contributed by atoms with Crippen molar-refractivity contribution in [1.29, 1.82) is 0 Å². The zero-order chi connectivity index (χ0) is 7.19. The summed E-state index contributed by atoms with van der Waals surface area (Å²) in [5, 5.41) is 0. The van der Waals surface area contributed by atoms with Gasteiger partial charge in [-0.25, -0.2) is 0 Å². The molecule has 2 rings (SSSR count). The fraction of sp³-hybridized carbons (Fsp3) is 1.00. The van der Waals surface area contributed by atoms with E-state index in [2.05, 4.69) is 13.8 Å².